The number of methoxy groups -OCH3 is 1. The maximum atomic E-state index is 5.97. The van der Waals surface area contributed by atoms with Crippen molar-refractivity contribution in [3.8, 4) is 11.4 Å². The zero-order valence-electron chi connectivity index (χ0n) is 9.07. The number of anilines is 1. The van der Waals surface area contributed by atoms with E-state index in [1.165, 1.54) is 0 Å². The fourth-order valence-corrected chi connectivity index (χ4v) is 1.56. The highest BCUT2D eigenvalue weighted by atomic mass is 35.5. The van der Waals surface area contributed by atoms with Crippen molar-refractivity contribution in [2.24, 2.45) is 0 Å². The van der Waals surface area contributed by atoms with Crippen LogP contribution in [0, 0.1) is 6.92 Å². The minimum Gasteiger partial charge on any atom is -0.497 e. The topological polar surface area (TPSA) is 53.1 Å². The van der Waals surface area contributed by atoms with Crippen LogP contribution < -0.4 is 10.5 Å². The summed E-state index contributed by atoms with van der Waals surface area (Å²) in [6.45, 7) is 1.82. The number of aryl methyl sites for hydroxylation is 1. The summed E-state index contributed by atoms with van der Waals surface area (Å²) >= 11 is 5.97. The van der Waals surface area contributed by atoms with Crippen LogP contribution in [0.2, 0.25) is 5.02 Å². The van der Waals surface area contributed by atoms with Crippen molar-refractivity contribution < 1.29 is 4.74 Å². The van der Waals surface area contributed by atoms with Crippen molar-refractivity contribution in [2.75, 3.05) is 12.8 Å². The highest BCUT2D eigenvalue weighted by molar-refractivity contribution is 6.33. The summed E-state index contributed by atoms with van der Waals surface area (Å²) in [7, 11) is 1.62. The molecule has 1 aromatic carbocycles. The third-order valence-electron chi connectivity index (χ3n) is 2.34. The Morgan fingerprint density at radius 1 is 1.31 bits per heavy atom. The highest BCUT2D eigenvalue weighted by Gasteiger charge is 2.11. The van der Waals surface area contributed by atoms with Gasteiger partial charge in [-0.1, -0.05) is 11.6 Å². The largest absolute Gasteiger partial charge is 0.497 e. The molecule has 0 unspecified atom stereocenters. The zero-order chi connectivity index (χ0) is 11.7. The van der Waals surface area contributed by atoms with Crippen molar-refractivity contribution in [1.29, 1.82) is 0 Å². The van der Waals surface area contributed by atoms with Gasteiger partial charge in [0.15, 0.2) is 0 Å². The van der Waals surface area contributed by atoms with Crippen LogP contribution in [0.25, 0.3) is 5.69 Å². The van der Waals surface area contributed by atoms with Crippen LogP contribution in [0.4, 0.5) is 5.82 Å². The molecule has 84 valence electrons. The molecule has 0 spiro atoms. The first kappa shape index (κ1) is 10.8. The SMILES string of the molecule is COc1ccc(-n2nc(C)c(Cl)c2N)cc1. The lowest BCUT2D eigenvalue weighted by molar-refractivity contribution is 0.414. The summed E-state index contributed by atoms with van der Waals surface area (Å²) < 4.78 is 6.69. The predicted molar refractivity (Wildman–Crippen MR) is 64.3 cm³/mol. The van der Waals surface area contributed by atoms with Gasteiger partial charge in [-0.2, -0.15) is 5.10 Å². The number of ether oxygens (including phenoxy) is 1. The number of aromatic nitrogens is 2. The molecule has 0 aliphatic rings. The first-order valence-corrected chi connectivity index (χ1v) is 5.16. The Morgan fingerprint density at radius 2 is 1.94 bits per heavy atom. The fraction of sp³-hybridized carbons (Fsp3) is 0.182. The molecule has 0 aliphatic carbocycles. The molecule has 1 heterocycles. The number of benzene rings is 1. The van der Waals surface area contributed by atoms with Gasteiger partial charge >= 0.3 is 0 Å². The fourth-order valence-electron chi connectivity index (χ4n) is 1.45. The second-order valence-electron chi connectivity index (χ2n) is 3.39. The highest BCUT2D eigenvalue weighted by Crippen LogP contribution is 2.25. The molecule has 0 saturated carbocycles. The van der Waals surface area contributed by atoms with E-state index in [9.17, 15) is 0 Å². The number of halogens is 1. The van der Waals surface area contributed by atoms with Crippen molar-refractivity contribution >= 4 is 17.4 Å². The molecule has 1 aromatic heterocycles. The smallest absolute Gasteiger partial charge is 0.146 e. The molecule has 0 amide bonds. The second kappa shape index (κ2) is 4.06. The number of nitrogen functional groups attached to an aromatic ring is 1. The maximum Gasteiger partial charge on any atom is 0.146 e. The summed E-state index contributed by atoms with van der Waals surface area (Å²) in [5.41, 5.74) is 7.42. The van der Waals surface area contributed by atoms with Gasteiger partial charge in [0, 0.05) is 0 Å². The lowest BCUT2D eigenvalue weighted by Gasteiger charge is -2.05. The molecular formula is C11H12ClN3O. The van der Waals surface area contributed by atoms with E-state index in [4.69, 9.17) is 22.1 Å². The molecule has 2 N–H and O–H groups in total. The van der Waals surface area contributed by atoms with Gasteiger partial charge in [0.25, 0.3) is 0 Å². The van der Waals surface area contributed by atoms with Crippen molar-refractivity contribution in [3.05, 3.63) is 35.0 Å². The lowest BCUT2D eigenvalue weighted by Crippen LogP contribution is -2.01. The molecule has 4 nitrogen and oxygen atoms in total. The molecule has 0 atom stereocenters. The van der Waals surface area contributed by atoms with Gasteiger partial charge in [-0.3, -0.25) is 0 Å². The average Bonchev–Trinajstić information content (AvgIpc) is 2.57. The van der Waals surface area contributed by atoms with E-state index in [0.29, 0.717) is 10.8 Å². The number of rotatable bonds is 2. The molecule has 0 radical (unpaired) electrons. The number of hydrogen-bond donors (Lipinski definition) is 1. The van der Waals surface area contributed by atoms with Gasteiger partial charge in [0.05, 0.1) is 18.5 Å². The Kier molecular flexibility index (Phi) is 2.75. The molecule has 2 aromatic rings. The first-order chi connectivity index (χ1) is 7.63. The molecule has 2 rings (SSSR count). The third-order valence-corrected chi connectivity index (χ3v) is 2.80. The molecule has 16 heavy (non-hydrogen) atoms. The number of nitrogens with zero attached hydrogens (tertiary/aromatic N) is 2. The van der Waals surface area contributed by atoms with Gasteiger partial charge in [-0.15, -0.1) is 0 Å². The van der Waals surface area contributed by atoms with E-state index < -0.39 is 0 Å². The Morgan fingerprint density at radius 3 is 2.38 bits per heavy atom. The maximum absolute atomic E-state index is 5.97. The standard InChI is InChI=1S/C11H12ClN3O/c1-7-10(12)11(13)15(14-7)8-3-5-9(16-2)6-4-8/h3-6H,13H2,1-2H3. The minimum atomic E-state index is 0.448. The second-order valence-corrected chi connectivity index (χ2v) is 3.77. The minimum absolute atomic E-state index is 0.448. The lowest BCUT2D eigenvalue weighted by atomic mass is 10.3. The number of nitrogens with two attached hydrogens (primary N) is 1. The van der Waals surface area contributed by atoms with E-state index in [-0.39, 0.29) is 0 Å². The number of hydrogen-bond acceptors (Lipinski definition) is 3. The average molecular weight is 238 g/mol. The van der Waals surface area contributed by atoms with Gasteiger partial charge < -0.3 is 10.5 Å². The van der Waals surface area contributed by atoms with Crippen molar-refractivity contribution in [3.63, 3.8) is 0 Å². The van der Waals surface area contributed by atoms with Crippen LogP contribution in [0.15, 0.2) is 24.3 Å². The Hall–Kier alpha value is -1.68. The van der Waals surface area contributed by atoms with E-state index >= 15 is 0 Å². The van der Waals surface area contributed by atoms with Crippen LogP contribution in [0.5, 0.6) is 5.75 Å². The van der Waals surface area contributed by atoms with Crippen LogP contribution in [0.1, 0.15) is 5.69 Å². The van der Waals surface area contributed by atoms with Gasteiger partial charge in [0.2, 0.25) is 0 Å². The zero-order valence-corrected chi connectivity index (χ0v) is 9.82. The summed E-state index contributed by atoms with van der Waals surface area (Å²) in [6, 6.07) is 7.44. The molecule has 0 bridgehead atoms. The first-order valence-electron chi connectivity index (χ1n) is 4.78. The molecular weight excluding hydrogens is 226 g/mol. The summed E-state index contributed by atoms with van der Waals surface area (Å²) in [6.07, 6.45) is 0. The van der Waals surface area contributed by atoms with Gasteiger partial charge in [0.1, 0.15) is 16.6 Å². The van der Waals surface area contributed by atoms with E-state index in [1.54, 1.807) is 11.8 Å². The van der Waals surface area contributed by atoms with Crippen LogP contribution in [-0.4, -0.2) is 16.9 Å². The van der Waals surface area contributed by atoms with E-state index in [0.717, 1.165) is 17.1 Å². The normalized spacial score (nSPS) is 10.4. The van der Waals surface area contributed by atoms with Crippen LogP contribution in [-0.2, 0) is 0 Å². The monoisotopic (exact) mass is 237 g/mol. The summed E-state index contributed by atoms with van der Waals surface area (Å²) in [4.78, 5) is 0. The quantitative estimate of drug-likeness (QED) is 0.873. The van der Waals surface area contributed by atoms with E-state index in [2.05, 4.69) is 5.10 Å². The Bertz CT molecular complexity index is 505. The Balaban J connectivity index is 2.46. The molecule has 5 heteroatoms. The predicted octanol–water partition coefficient (Wildman–Crippen LogP) is 2.42. The van der Waals surface area contributed by atoms with Crippen molar-refractivity contribution in [1.82, 2.24) is 9.78 Å². The summed E-state index contributed by atoms with van der Waals surface area (Å²) in [5, 5.41) is 4.75. The van der Waals surface area contributed by atoms with Gasteiger partial charge in [-0.25, -0.2) is 4.68 Å². The van der Waals surface area contributed by atoms with E-state index in [1.807, 2.05) is 31.2 Å². The molecule has 0 fully saturated rings. The van der Waals surface area contributed by atoms with Crippen molar-refractivity contribution in [2.45, 2.75) is 6.92 Å². The van der Waals surface area contributed by atoms with Crippen LogP contribution >= 0.6 is 11.6 Å². The molecule has 0 saturated heterocycles. The summed E-state index contributed by atoms with van der Waals surface area (Å²) in [5.74, 6) is 1.24. The van der Waals surface area contributed by atoms with Gasteiger partial charge in [-0.05, 0) is 31.2 Å². The van der Waals surface area contributed by atoms with Crippen LogP contribution in [0.3, 0.4) is 0 Å². The molecule has 0 aliphatic heterocycles. The third kappa shape index (κ3) is 1.72. The Labute approximate surface area is 98.6 Å².